The van der Waals surface area contributed by atoms with Crippen molar-refractivity contribution >= 4 is 17.9 Å². The van der Waals surface area contributed by atoms with Crippen molar-refractivity contribution in [3.8, 4) is 0 Å². The Bertz CT molecular complexity index is 632. The maximum atomic E-state index is 12.0. The molecule has 1 aliphatic rings. The minimum absolute atomic E-state index is 0.00650. The highest BCUT2D eigenvalue weighted by atomic mass is 16.6. The first-order chi connectivity index (χ1) is 11.9. The maximum Gasteiger partial charge on any atom is 0.409 e. The van der Waals surface area contributed by atoms with E-state index in [1.165, 1.54) is 0 Å². The fraction of sp³-hybridized carbons (Fsp3) is 0.588. The molecule has 0 radical (unpaired) electrons. The van der Waals surface area contributed by atoms with E-state index in [1.54, 1.807) is 31.7 Å². The van der Waals surface area contributed by atoms with Gasteiger partial charge in [-0.2, -0.15) is 0 Å². The molecule has 2 heterocycles. The molecule has 0 unspecified atom stereocenters. The van der Waals surface area contributed by atoms with Gasteiger partial charge in [-0.3, -0.25) is 9.59 Å². The highest BCUT2D eigenvalue weighted by Crippen LogP contribution is 2.13. The molecular weight excluding hydrogens is 326 g/mol. The van der Waals surface area contributed by atoms with Crippen molar-refractivity contribution in [2.75, 3.05) is 26.2 Å². The van der Waals surface area contributed by atoms with Crippen LogP contribution in [0, 0.1) is 13.8 Å². The molecule has 1 aromatic heterocycles. The number of furan rings is 1. The highest BCUT2D eigenvalue weighted by Gasteiger charge is 2.24. The van der Waals surface area contributed by atoms with Gasteiger partial charge in [0.2, 0.25) is 5.91 Å². The van der Waals surface area contributed by atoms with Crippen LogP contribution in [-0.2, 0) is 9.53 Å². The predicted octanol–water partition coefficient (Wildman–Crippen LogP) is 1.36. The van der Waals surface area contributed by atoms with Crippen LogP contribution >= 0.6 is 0 Å². The molecule has 0 saturated carbocycles. The second kappa shape index (κ2) is 8.55. The summed E-state index contributed by atoms with van der Waals surface area (Å²) in [6.07, 6.45) is 1.02. The third-order valence-corrected chi connectivity index (χ3v) is 4.08. The molecule has 0 spiro atoms. The molecule has 2 rings (SSSR count). The lowest BCUT2D eigenvalue weighted by atomic mass is 10.1. The second-order valence-electron chi connectivity index (χ2n) is 6.04. The molecule has 2 N–H and O–H groups in total. The average Bonchev–Trinajstić information content (AvgIpc) is 2.92. The normalized spacial score (nSPS) is 14.9. The largest absolute Gasteiger partial charge is 0.466 e. The number of amides is 3. The quantitative estimate of drug-likeness (QED) is 0.834. The number of piperidine rings is 1. The number of carbonyl (C=O) groups excluding carboxylic acids is 3. The number of carbonyl (C=O) groups is 3. The Balaban J connectivity index is 1.72. The lowest BCUT2D eigenvalue weighted by Crippen LogP contribution is -2.48. The van der Waals surface area contributed by atoms with Crippen molar-refractivity contribution in [1.82, 2.24) is 15.5 Å². The minimum Gasteiger partial charge on any atom is -0.466 e. The minimum atomic E-state index is -0.332. The van der Waals surface area contributed by atoms with E-state index in [2.05, 4.69) is 10.6 Å². The van der Waals surface area contributed by atoms with E-state index in [9.17, 15) is 14.4 Å². The Morgan fingerprint density at radius 1 is 1.28 bits per heavy atom. The van der Waals surface area contributed by atoms with Gasteiger partial charge in [0, 0.05) is 19.1 Å². The summed E-state index contributed by atoms with van der Waals surface area (Å²) in [6.45, 7) is 6.59. The van der Waals surface area contributed by atoms with E-state index < -0.39 is 0 Å². The Hall–Kier alpha value is -2.51. The fourth-order valence-corrected chi connectivity index (χ4v) is 2.81. The average molecular weight is 351 g/mol. The zero-order valence-corrected chi connectivity index (χ0v) is 14.9. The zero-order valence-electron chi connectivity index (χ0n) is 14.9. The number of hydrogen-bond donors (Lipinski definition) is 2. The Morgan fingerprint density at radius 2 is 1.96 bits per heavy atom. The summed E-state index contributed by atoms with van der Waals surface area (Å²) in [6, 6.07) is 1.64. The van der Waals surface area contributed by atoms with Gasteiger partial charge in [0.05, 0.1) is 18.7 Å². The Labute approximate surface area is 146 Å². The van der Waals surface area contributed by atoms with Gasteiger partial charge >= 0.3 is 6.09 Å². The van der Waals surface area contributed by atoms with E-state index in [1.807, 2.05) is 0 Å². The molecule has 3 amide bonds. The molecule has 1 saturated heterocycles. The molecule has 0 aliphatic carbocycles. The summed E-state index contributed by atoms with van der Waals surface area (Å²) in [7, 11) is 0. The summed E-state index contributed by atoms with van der Waals surface area (Å²) in [5.74, 6) is 0.602. The second-order valence-corrected chi connectivity index (χ2v) is 6.04. The van der Waals surface area contributed by atoms with E-state index in [0.29, 0.717) is 49.6 Å². The van der Waals surface area contributed by atoms with E-state index >= 15 is 0 Å². The molecule has 1 aromatic rings. The number of rotatable bonds is 5. The third kappa shape index (κ3) is 5.23. The van der Waals surface area contributed by atoms with E-state index in [4.69, 9.17) is 9.15 Å². The van der Waals surface area contributed by atoms with E-state index in [-0.39, 0.29) is 30.5 Å². The molecule has 8 heteroatoms. The lowest BCUT2D eigenvalue weighted by molar-refractivity contribution is -0.121. The van der Waals surface area contributed by atoms with Crippen molar-refractivity contribution < 1.29 is 23.5 Å². The molecule has 1 fully saturated rings. The summed E-state index contributed by atoms with van der Waals surface area (Å²) >= 11 is 0. The van der Waals surface area contributed by atoms with Gasteiger partial charge < -0.3 is 24.7 Å². The lowest BCUT2D eigenvalue weighted by Gasteiger charge is -2.31. The number of ether oxygens (including phenoxy) is 1. The van der Waals surface area contributed by atoms with Gasteiger partial charge in [0.15, 0.2) is 0 Å². The first-order valence-corrected chi connectivity index (χ1v) is 8.47. The van der Waals surface area contributed by atoms with Crippen LogP contribution in [0.15, 0.2) is 10.5 Å². The molecule has 25 heavy (non-hydrogen) atoms. The van der Waals surface area contributed by atoms with Gasteiger partial charge in [-0.05, 0) is 39.7 Å². The van der Waals surface area contributed by atoms with Crippen LogP contribution in [0.4, 0.5) is 4.79 Å². The number of nitrogens with one attached hydrogen (secondary N) is 2. The molecule has 8 nitrogen and oxygen atoms in total. The molecule has 0 aromatic carbocycles. The van der Waals surface area contributed by atoms with Gasteiger partial charge in [-0.1, -0.05) is 0 Å². The van der Waals surface area contributed by atoms with Crippen LogP contribution in [0.3, 0.4) is 0 Å². The van der Waals surface area contributed by atoms with Crippen molar-refractivity contribution in [1.29, 1.82) is 0 Å². The van der Waals surface area contributed by atoms with Crippen LogP contribution in [0.2, 0.25) is 0 Å². The molecule has 0 atom stereocenters. The number of aryl methyl sites for hydroxylation is 2. The van der Waals surface area contributed by atoms with Crippen molar-refractivity contribution in [3.63, 3.8) is 0 Å². The van der Waals surface area contributed by atoms with E-state index in [0.717, 1.165) is 0 Å². The van der Waals surface area contributed by atoms with Gasteiger partial charge in [-0.25, -0.2) is 4.79 Å². The smallest absolute Gasteiger partial charge is 0.409 e. The van der Waals surface area contributed by atoms with Crippen LogP contribution in [-0.4, -0.2) is 55.1 Å². The molecule has 1 aliphatic heterocycles. The van der Waals surface area contributed by atoms with Gasteiger partial charge in [-0.15, -0.1) is 0 Å². The van der Waals surface area contributed by atoms with Gasteiger partial charge in [0.1, 0.15) is 11.5 Å². The summed E-state index contributed by atoms with van der Waals surface area (Å²) in [5.41, 5.74) is 0.438. The van der Waals surface area contributed by atoms with Crippen molar-refractivity contribution in [3.05, 3.63) is 23.2 Å². The van der Waals surface area contributed by atoms with Crippen molar-refractivity contribution in [2.24, 2.45) is 0 Å². The SMILES string of the molecule is CCOC(=O)N1CCC(NC(=O)CNC(=O)c2cc(C)oc2C)CC1. The third-order valence-electron chi connectivity index (χ3n) is 4.08. The summed E-state index contributed by atoms with van der Waals surface area (Å²) in [4.78, 5) is 37.3. The Kier molecular flexibility index (Phi) is 6.44. The topological polar surface area (TPSA) is 101 Å². The maximum absolute atomic E-state index is 12.0. The molecular formula is C17H25N3O5. The fourth-order valence-electron chi connectivity index (χ4n) is 2.81. The number of hydrogen-bond acceptors (Lipinski definition) is 5. The summed E-state index contributed by atoms with van der Waals surface area (Å²) in [5, 5.41) is 5.47. The van der Waals surface area contributed by atoms with Crippen LogP contribution in [0.5, 0.6) is 0 Å². The monoisotopic (exact) mass is 351 g/mol. The van der Waals surface area contributed by atoms with Crippen LogP contribution in [0.1, 0.15) is 41.6 Å². The van der Waals surface area contributed by atoms with Gasteiger partial charge in [0.25, 0.3) is 5.91 Å². The predicted molar refractivity (Wildman–Crippen MR) is 90.3 cm³/mol. The molecule has 138 valence electrons. The van der Waals surface area contributed by atoms with Crippen molar-refractivity contribution in [2.45, 2.75) is 39.7 Å². The highest BCUT2D eigenvalue weighted by molar-refractivity contribution is 5.97. The first kappa shape index (κ1) is 18.8. The van der Waals surface area contributed by atoms with Crippen LogP contribution < -0.4 is 10.6 Å². The number of likely N-dealkylation sites (tertiary alicyclic amines) is 1. The molecule has 0 bridgehead atoms. The first-order valence-electron chi connectivity index (χ1n) is 8.47. The van der Waals surface area contributed by atoms with Crippen LogP contribution in [0.25, 0.3) is 0 Å². The summed E-state index contributed by atoms with van der Waals surface area (Å²) < 4.78 is 10.3. The number of nitrogens with zero attached hydrogens (tertiary/aromatic N) is 1. The standard InChI is InChI=1S/C17H25N3O5/c1-4-24-17(23)20-7-5-13(6-8-20)19-15(21)10-18-16(22)14-9-11(2)25-12(14)3/h9,13H,4-8,10H2,1-3H3,(H,18,22)(H,19,21). The Morgan fingerprint density at radius 3 is 2.52 bits per heavy atom. The zero-order chi connectivity index (χ0) is 18.4.